The molecule has 4 heteroatoms. The number of nitrogens with one attached hydrogen (secondary N) is 1. The van der Waals surface area contributed by atoms with Crippen LogP contribution in [0, 0.1) is 5.92 Å². The highest BCUT2D eigenvalue weighted by Crippen LogP contribution is 2.33. The van der Waals surface area contributed by atoms with E-state index in [0.717, 1.165) is 17.4 Å². The molecule has 0 atom stereocenters. The average Bonchev–Trinajstić information content (AvgIpc) is 2.48. The van der Waals surface area contributed by atoms with Crippen LogP contribution in [0.15, 0.2) is 35.7 Å². The minimum absolute atomic E-state index is 0.793. The van der Waals surface area contributed by atoms with Crippen molar-refractivity contribution in [3.05, 3.63) is 46.2 Å². The van der Waals surface area contributed by atoms with E-state index in [1.165, 1.54) is 55.7 Å². The van der Waals surface area contributed by atoms with Crippen molar-refractivity contribution >= 4 is 11.6 Å². The zero-order valence-corrected chi connectivity index (χ0v) is 13.3. The van der Waals surface area contributed by atoms with Crippen molar-refractivity contribution in [3.63, 3.8) is 0 Å². The van der Waals surface area contributed by atoms with Gasteiger partial charge in [0, 0.05) is 23.8 Å². The molecule has 1 aromatic rings. The van der Waals surface area contributed by atoms with Crippen molar-refractivity contribution in [1.82, 2.24) is 10.4 Å². The van der Waals surface area contributed by atoms with Crippen molar-refractivity contribution in [2.24, 2.45) is 5.92 Å². The molecule has 2 aliphatic rings. The summed E-state index contributed by atoms with van der Waals surface area (Å²) in [5, 5.41) is 0.823. The van der Waals surface area contributed by atoms with Crippen LogP contribution < -0.4 is 5.48 Å². The van der Waals surface area contributed by atoms with E-state index in [1.807, 2.05) is 12.1 Å². The maximum absolute atomic E-state index is 5.94. The van der Waals surface area contributed by atoms with Crippen molar-refractivity contribution in [3.8, 4) is 0 Å². The number of benzene rings is 1. The van der Waals surface area contributed by atoms with E-state index in [4.69, 9.17) is 16.4 Å². The lowest BCUT2D eigenvalue weighted by molar-refractivity contribution is 0.100. The van der Waals surface area contributed by atoms with Gasteiger partial charge in [-0.05, 0) is 55.7 Å². The molecule has 1 fully saturated rings. The zero-order valence-electron chi connectivity index (χ0n) is 12.6. The first-order chi connectivity index (χ1) is 10.3. The predicted molar refractivity (Wildman–Crippen MR) is 85.9 cm³/mol. The zero-order chi connectivity index (χ0) is 14.7. The number of nitrogens with zero attached hydrogens (tertiary/aromatic N) is 1. The predicted octanol–water partition coefficient (Wildman–Crippen LogP) is 3.75. The first-order valence-electron chi connectivity index (χ1n) is 7.76. The maximum Gasteiger partial charge on any atom is 0.0636 e. The Bertz CT molecular complexity index is 504. The van der Waals surface area contributed by atoms with Gasteiger partial charge in [-0.3, -0.25) is 10.3 Å². The Hall–Kier alpha value is -1.19. The quantitative estimate of drug-likeness (QED) is 0.839. The number of hydrogen-bond donors (Lipinski definition) is 1. The molecule has 0 spiro atoms. The molecule has 1 aromatic carbocycles. The van der Waals surface area contributed by atoms with Crippen LogP contribution in [-0.2, 0) is 11.3 Å². The van der Waals surface area contributed by atoms with Gasteiger partial charge in [-0.1, -0.05) is 23.7 Å². The first kappa shape index (κ1) is 14.7. The Morgan fingerprint density at radius 2 is 1.90 bits per heavy atom. The van der Waals surface area contributed by atoms with Gasteiger partial charge in [0.2, 0.25) is 0 Å². The molecule has 21 heavy (non-hydrogen) atoms. The summed E-state index contributed by atoms with van der Waals surface area (Å²) in [6.07, 6.45) is 6.02. The molecular weight excluding hydrogens is 284 g/mol. The normalized spacial score (nSPS) is 19.6. The summed E-state index contributed by atoms with van der Waals surface area (Å²) in [7, 11) is 1.68. The minimum Gasteiger partial charge on any atom is -0.373 e. The van der Waals surface area contributed by atoms with Gasteiger partial charge in [-0.15, -0.1) is 0 Å². The maximum atomic E-state index is 5.94. The molecule has 0 aromatic heterocycles. The van der Waals surface area contributed by atoms with Gasteiger partial charge in [0.15, 0.2) is 0 Å². The van der Waals surface area contributed by atoms with E-state index >= 15 is 0 Å². The van der Waals surface area contributed by atoms with Crippen LogP contribution >= 0.6 is 11.6 Å². The van der Waals surface area contributed by atoms with Crippen LogP contribution in [-0.4, -0.2) is 25.1 Å². The fraction of sp³-hybridized carbons (Fsp3) is 0.529. The van der Waals surface area contributed by atoms with E-state index in [2.05, 4.69) is 22.5 Å². The number of likely N-dealkylation sites (tertiary alicyclic amines) is 1. The van der Waals surface area contributed by atoms with E-state index in [1.54, 1.807) is 7.11 Å². The number of halogens is 1. The Labute approximate surface area is 131 Å². The van der Waals surface area contributed by atoms with Gasteiger partial charge in [-0.25, -0.2) is 0 Å². The summed E-state index contributed by atoms with van der Waals surface area (Å²) >= 11 is 5.94. The lowest BCUT2D eigenvalue weighted by Gasteiger charge is -2.39. The van der Waals surface area contributed by atoms with Gasteiger partial charge >= 0.3 is 0 Å². The minimum atomic E-state index is 0.793. The molecule has 0 saturated carbocycles. The van der Waals surface area contributed by atoms with Crippen LogP contribution in [0.2, 0.25) is 5.02 Å². The molecule has 3 nitrogen and oxygen atoms in total. The number of piperidine rings is 1. The fourth-order valence-electron chi connectivity index (χ4n) is 3.30. The van der Waals surface area contributed by atoms with Crippen LogP contribution in [0.1, 0.15) is 31.2 Å². The monoisotopic (exact) mass is 306 g/mol. The van der Waals surface area contributed by atoms with Crippen molar-refractivity contribution in [1.29, 1.82) is 0 Å². The third kappa shape index (κ3) is 3.53. The second-order valence-electron chi connectivity index (χ2n) is 5.99. The van der Waals surface area contributed by atoms with E-state index in [-0.39, 0.29) is 0 Å². The standard InChI is InChI=1S/C17H23ClN2O/c1-21-19-16-6-7-17(16)20-10-8-14(9-11-20)12-13-2-4-15(18)5-3-13/h2-5,14,19H,6-12H2,1H3. The topological polar surface area (TPSA) is 24.5 Å². The van der Waals surface area contributed by atoms with Crippen molar-refractivity contribution in [2.75, 3.05) is 20.2 Å². The first-order valence-corrected chi connectivity index (χ1v) is 8.14. The SMILES string of the molecule is CONC1=C(N2CCC(Cc3ccc(Cl)cc3)CC2)CC1. The summed E-state index contributed by atoms with van der Waals surface area (Å²) in [5.41, 5.74) is 7.15. The number of allylic oxidation sites excluding steroid dienone is 2. The largest absolute Gasteiger partial charge is 0.373 e. The fourth-order valence-corrected chi connectivity index (χ4v) is 3.43. The third-order valence-electron chi connectivity index (χ3n) is 4.62. The molecule has 1 N–H and O–H groups in total. The van der Waals surface area contributed by atoms with Crippen LogP contribution in [0.3, 0.4) is 0 Å². The smallest absolute Gasteiger partial charge is 0.0636 e. The molecule has 0 unspecified atom stereocenters. The van der Waals surface area contributed by atoms with E-state index < -0.39 is 0 Å². The average molecular weight is 307 g/mol. The molecule has 0 amide bonds. The summed E-state index contributed by atoms with van der Waals surface area (Å²) in [6, 6.07) is 8.30. The second-order valence-corrected chi connectivity index (χ2v) is 6.43. The van der Waals surface area contributed by atoms with Crippen LogP contribution in [0.5, 0.6) is 0 Å². The molecule has 1 aliphatic heterocycles. The lowest BCUT2D eigenvalue weighted by atomic mass is 9.88. The Morgan fingerprint density at radius 1 is 1.19 bits per heavy atom. The Kier molecular flexibility index (Phi) is 4.71. The Morgan fingerprint density at radius 3 is 2.48 bits per heavy atom. The van der Waals surface area contributed by atoms with Gasteiger partial charge in [0.1, 0.15) is 0 Å². The summed E-state index contributed by atoms with van der Waals surface area (Å²) in [5.74, 6) is 0.793. The van der Waals surface area contributed by atoms with Gasteiger partial charge in [-0.2, -0.15) is 0 Å². The van der Waals surface area contributed by atoms with Crippen LogP contribution in [0.25, 0.3) is 0 Å². The van der Waals surface area contributed by atoms with E-state index in [9.17, 15) is 0 Å². The van der Waals surface area contributed by atoms with Gasteiger partial charge in [0.25, 0.3) is 0 Å². The molecule has 114 valence electrons. The number of rotatable bonds is 5. The lowest BCUT2D eigenvalue weighted by Crippen LogP contribution is -2.38. The molecule has 0 bridgehead atoms. The third-order valence-corrected chi connectivity index (χ3v) is 4.87. The number of hydroxylamine groups is 1. The summed E-state index contributed by atoms with van der Waals surface area (Å²) in [6.45, 7) is 2.34. The molecule has 3 rings (SSSR count). The Balaban J connectivity index is 1.51. The highest BCUT2D eigenvalue weighted by Gasteiger charge is 2.27. The molecule has 1 aliphatic carbocycles. The molecule has 1 heterocycles. The van der Waals surface area contributed by atoms with Crippen LogP contribution in [0.4, 0.5) is 0 Å². The van der Waals surface area contributed by atoms with Crippen molar-refractivity contribution < 1.29 is 4.84 Å². The highest BCUT2D eigenvalue weighted by atomic mass is 35.5. The molecule has 1 saturated heterocycles. The second kappa shape index (κ2) is 6.71. The number of hydrogen-bond acceptors (Lipinski definition) is 3. The molecular formula is C17H23ClN2O. The highest BCUT2D eigenvalue weighted by molar-refractivity contribution is 6.30. The summed E-state index contributed by atoms with van der Waals surface area (Å²) < 4.78 is 0. The molecule has 0 radical (unpaired) electrons. The van der Waals surface area contributed by atoms with Gasteiger partial charge in [0.05, 0.1) is 12.8 Å². The van der Waals surface area contributed by atoms with E-state index in [0.29, 0.717) is 0 Å². The van der Waals surface area contributed by atoms with Crippen molar-refractivity contribution in [2.45, 2.75) is 32.1 Å². The van der Waals surface area contributed by atoms with Gasteiger partial charge < -0.3 is 4.90 Å². The summed E-state index contributed by atoms with van der Waals surface area (Å²) in [4.78, 5) is 7.56.